The topological polar surface area (TPSA) is 59.5 Å². The molecular formula is C30H32N2O3. The van der Waals surface area contributed by atoms with Crippen LogP contribution in [0.15, 0.2) is 60.8 Å². The Morgan fingerprint density at radius 3 is 2.34 bits per heavy atom. The van der Waals surface area contributed by atoms with Gasteiger partial charge in [0.1, 0.15) is 5.75 Å². The number of amides is 1. The van der Waals surface area contributed by atoms with Crippen molar-refractivity contribution < 1.29 is 14.3 Å². The molecule has 1 saturated carbocycles. The summed E-state index contributed by atoms with van der Waals surface area (Å²) in [5, 5.41) is 0. The summed E-state index contributed by atoms with van der Waals surface area (Å²) in [6, 6.07) is 17.8. The first-order valence-electron chi connectivity index (χ1n) is 12.5. The monoisotopic (exact) mass is 468 g/mol. The average molecular weight is 469 g/mol. The molecule has 1 unspecified atom stereocenters. The Bertz CT molecular complexity index is 1220. The number of carbonyl (C=O) groups excluding carboxylic acids is 2. The maximum atomic E-state index is 13.3. The molecule has 5 nitrogen and oxygen atoms in total. The zero-order valence-electron chi connectivity index (χ0n) is 20.7. The summed E-state index contributed by atoms with van der Waals surface area (Å²) in [7, 11) is 1.68. The van der Waals surface area contributed by atoms with Crippen LogP contribution in [0.4, 0.5) is 0 Å². The number of aromatic nitrogens is 1. The van der Waals surface area contributed by atoms with Crippen molar-refractivity contribution in [2.45, 2.75) is 39.0 Å². The third-order valence-electron chi connectivity index (χ3n) is 7.58. The van der Waals surface area contributed by atoms with Gasteiger partial charge in [0.25, 0.3) is 5.91 Å². The Morgan fingerprint density at radius 1 is 1.00 bits per heavy atom. The number of carbonyl (C=O) groups is 2. The number of hydrogen-bond donors (Lipinski definition) is 0. The van der Waals surface area contributed by atoms with Crippen LogP contribution in [0.1, 0.15) is 62.4 Å². The van der Waals surface area contributed by atoms with E-state index in [2.05, 4.69) is 24.0 Å². The third-order valence-corrected chi connectivity index (χ3v) is 7.58. The minimum absolute atomic E-state index is 0.0259. The first-order valence-corrected chi connectivity index (χ1v) is 12.5. The summed E-state index contributed by atoms with van der Waals surface area (Å²) in [5.74, 6) is 2.55. The van der Waals surface area contributed by atoms with E-state index in [0.29, 0.717) is 28.9 Å². The van der Waals surface area contributed by atoms with Gasteiger partial charge in [0.15, 0.2) is 5.78 Å². The molecule has 0 bridgehead atoms. The van der Waals surface area contributed by atoms with Crippen LogP contribution in [0.2, 0.25) is 0 Å². The first kappa shape index (κ1) is 23.3. The quantitative estimate of drug-likeness (QED) is 0.423. The number of fused-ring (bicyclic) bond motifs is 1. The molecule has 2 aromatic carbocycles. The number of pyridine rings is 1. The van der Waals surface area contributed by atoms with Crippen LogP contribution in [-0.4, -0.2) is 41.8 Å². The van der Waals surface area contributed by atoms with E-state index in [4.69, 9.17) is 4.74 Å². The highest BCUT2D eigenvalue weighted by Crippen LogP contribution is 2.58. The van der Waals surface area contributed by atoms with Crippen molar-refractivity contribution in [1.29, 1.82) is 0 Å². The molecule has 180 valence electrons. The number of methoxy groups -OCH3 is 1. The maximum Gasteiger partial charge on any atom is 0.253 e. The maximum absolute atomic E-state index is 13.3. The molecule has 1 amide bonds. The van der Waals surface area contributed by atoms with Gasteiger partial charge in [-0.15, -0.1) is 0 Å². The van der Waals surface area contributed by atoms with Crippen LogP contribution in [0.25, 0.3) is 0 Å². The van der Waals surface area contributed by atoms with Crippen molar-refractivity contribution in [3.63, 3.8) is 0 Å². The molecular weight excluding hydrogens is 436 g/mol. The summed E-state index contributed by atoms with van der Waals surface area (Å²) in [6.45, 7) is 5.68. The molecule has 1 aliphatic carbocycles. The zero-order chi connectivity index (χ0) is 24.5. The van der Waals surface area contributed by atoms with E-state index < -0.39 is 0 Å². The summed E-state index contributed by atoms with van der Waals surface area (Å²) in [6.07, 6.45) is 3.89. The van der Waals surface area contributed by atoms with Crippen LogP contribution in [0, 0.1) is 18.8 Å². The molecule has 1 aliphatic heterocycles. The number of hydrogen-bond acceptors (Lipinski definition) is 4. The molecule has 5 rings (SSSR count). The van der Waals surface area contributed by atoms with E-state index in [0.717, 1.165) is 48.5 Å². The smallest absolute Gasteiger partial charge is 0.253 e. The number of ether oxygens (including phenoxy) is 1. The lowest BCUT2D eigenvalue weighted by Gasteiger charge is -2.21. The second-order valence-corrected chi connectivity index (χ2v) is 9.87. The number of nitrogens with zero attached hydrogens (tertiary/aromatic N) is 2. The molecule has 0 spiro atoms. The van der Waals surface area contributed by atoms with Crippen molar-refractivity contribution >= 4 is 11.7 Å². The highest BCUT2D eigenvalue weighted by molar-refractivity contribution is 5.98. The summed E-state index contributed by atoms with van der Waals surface area (Å²) in [4.78, 5) is 32.5. The van der Waals surface area contributed by atoms with Gasteiger partial charge in [0.2, 0.25) is 0 Å². The fourth-order valence-corrected chi connectivity index (χ4v) is 5.46. The lowest BCUT2D eigenvalue weighted by atomic mass is 9.97. The number of piperidine rings is 1. The van der Waals surface area contributed by atoms with E-state index in [-0.39, 0.29) is 18.1 Å². The predicted octanol–water partition coefficient (Wildman–Crippen LogP) is 5.26. The van der Waals surface area contributed by atoms with Crippen molar-refractivity contribution in [1.82, 2.24) is 9.88 Å². The molecule has 3 atom stereocenters. The zero-order valence-corrected chi connectivity index (χ0v) is 20.7. The molecule has 1 aromatic heterocycles. The van der Waals surface area contributed by atoms with Crippen LogP contribution in [0.5, 0.6) is 5.75 Å². The number of aryl methyl sites for hydroxylation is 2. The van der Waals surface area contributed by atoms with Gasteiger partial charge >= 0.3 is 0 Å². The summed E-state index contributed by atoms with van der Waals surface area (Å²) < 4.78 is 5.26. The lowest BCUT2D eigenvalue weighted by Crippen LogP contribution is -2.31. The highest BCUT2D eigenvalue weighted by Gasteiger charge is 2.57. The van der Waals surface area contributed by atoms with Gasteiger partial charge in [-0.3, -0.25) is 14.6 Å². The molecule has 5 heteroatoms. The Labute approximate surface area is 207 Å². The Hall–Kier alpha value is -3.47. The fraction of sp³-hybridized carbons (Fsp3) is 0.367. The van der Waals surface area contributed by atoms with Crippen LogP contribution in [-0.2, 0) is 12.8 Å². The second kappa shape index (κ2) is 9.65. The van der Waals surface area contributed by atoms with Gasteiger partial charge in [0.05, 0.1) is 7.11 Å². The van der Waals surface area contributed by atoms with Crippen LogP contribution < -0.4 is 4.74 Å². The second-order valence-electron chi connectivity index (χ2n) is 9.87. The first-order chi connectivity index (χ1) is 17.0. The Kier molecular flexibility index (Phi) is 6.42. The van der Waals surface area contributed by atoms with Crippen molar-refractivity contribution in [3.05, 3.63) is 94.3 Å². The van der Waals surface area contributed by atoms with Crippen molar-refractivity contribution in [2.24, 2.45) is 11.8 Å². The average Bonchev–Trinajstić information content (AvgIpc) is 3.38. The lowest BCUT2D eigenvalue weighted by molar-refractivity contribution is 0.0772. The van der Waals surface area contributed by atoms with Gasteiger partial charge in [-0.2, -0.15) is 0 Å². The third kappa shape index (κ3) is 4.72. The highest BCUT2D eigenvalue weighted by atomic mass is 16.5. The van der Waals surface area contributed by atoms with Crippen LogP contribution >= 0.6 is 0 Å². The van der Waals surface area contributed by atoms with E-state index in [9.17, 15) is 9.59 Å². The van der Waals surface area contributed by atoms with Gasteiger partial charge < -0.3 is 9.64 Å². The van der Waals surface area contributed by atoms with Gasteiger partial charge in [-0.25, -0.2) is 0 Å². The Morgan fingerprint density at radius 2 is 1.71 bits per heavy atom. The minimum Gasteiger partial charge on any atom is -0.497 e. The van der Waals surface area contributed by atoms with Crippen molar-refractivity contribution in [3.8, 4) is 5.75 Å². The standard InChI is InChI=1S/C30H32N2O3/c1-4-5-24-11-8-22(16-31-24)28(33)15-23-14-21(7-6-19(23)2)30(34)32-17-26-27(18-32)29(26)20-9-12-25(35-3)13-10-20/h6-14,16,26-27,29H,4-5,15,17-18H2,1-3H3/t26-,27+,29?. The predicted molar refractivity (Wildman–Crippen MR) is 136 cm³/mol. The van der Waals surface area contributed by atoms with Crippen molar-refractivity contribution in [2.75, 3.05) is 20.2 Å². The molecule has 35 heavy (non-hydrogen) atoms. The fourth-order valence-electron chi connectivity index (χ4n) is 5.46. The summed E-state index contributed by atoms with van der Waals surface area (Å²) >= 11 is 0. The molecule has 3 aromatic rings. The molecule has 0 N–H and O–H groups in total. The largest absolute Gasteiger partial charge is 0.497 e. The van der Waals surface area contributed by atoms with Crippen LogP contribution in [0.3, 0.4) is 0 Å². The number of rotatable bonds is 8. The molecule has 0 radical (unpaired) electrons. The molecule has 2 aliphatic rings. The van der Waals surface area contributed by atoms with Gasteiger partial charge in [-0.1, -0.05) is 31.5 Å². The summed E-state index contributed by atoms with van der Waals surface area (Å²) in [5.41, 5.74) is 5.54. The molecule has 2 fully saturated rings. The molecule has 1 saturated heterocycles. The van der Waals surface area contributed by atoms with E-state index in [1.54, 1.807) is 13.3 Å². The number of likely N-dealkylation sites (tertiary alicyclic amines) is 1. The number of benzene rings is 2. The number of ketones is 1. The Balaban J connectivity index is 1.23. The van der Waals surface area contributed by atoms with E-state index in [1.807, 2.05) is 54.3 Å². The SMILES string of the molecule is CCCc1ccc(C(=O)Cc2cc(C(=O)N3C[C@@H]4C(c5ccc(OC)cc5)[C@@H]4C3)ccc2C)cn1. The number of Topliss-reactive ketones (excluding diaryl/α,β-unsaturated/α-hetero) is 1. The van der Waals surface area contributed by atoms with Gasteiger partial charge in [0, 0.05) is 42.5 Å². The van der Waals surface area contributed by atoms with E-state index >= 15 is 0 Å². The molecule has 2 heterocycles. The van der Waals surface area contributed by atoms with Gasteiger partial charge in [-0.05, 0) is 84.2 Å². The van der Waals surface area contributed by atoms with E-state index in [1.165, 1.54) is 5.56 Å². The normalized spacial score (nSPS) is 20.4. The minimum atomic E-state index is 0.0259.